The Balaban J connectivity index is 2.67. The summed E-state index contributed by atoms with van der Waals surface area (Å²) in [6.45, 7) is 8.14. The van der Waals surface area contributed by atoms with E-state index in [9.17, 15) is 4.79 Å². The van der Waals surface area contributed by atoms with Gasteiger partial charge in [0.1, 0.15) is 5.69 Å². The van der Waals surface area contributed by atoms with Crippen LogP contribution in [-0.4, -0.2) is 21.3 Å². The predicted octanol–water partition coefficient (Wildman–Crippen LogP) is 2.82. The lowest BCUT2D eigenvalue weighted by Crippen LogP contribution is -2.07. The number of carbonyl (C=O) groups is 1. The second kappa shape index (κ2) is 4.72. The number of carbonyl (C=O) groups excluding carboxylic acids is 1. The third kappa shape index (κ3) is 2.06. The van der Waals surface area contributed by atoms with Crippen molar-refractivity contribution in [2.24, 2.45) is 0 Å². The van der Waals surface area contributed by atoms with Crippen molar-refractivity contribution in [1.82, 2.24) is 15.0 Å². The third-order valence-corrected chi connectivity index (χ3v) is 2.98. The van der Waals surface area contributed by atoms with Gasteiger partial charge in [0.2, 0.25) is 0 Å². The zero-order valence-electron chi connectivity index (χ0n) is 11.1. The fraction of sp³-hybridized carbons (Fsp3) is 0.357. The second-order valence-electron chi connectivity index (χ2n) is 4.83. The Labute approximate surface area is 107 Å². The second-order valence-corrected chi connectivity index (χ2v) is 4.83. The average molecular weight is 243 g/mol. The molecule has 0 bridgehead atoms. The molecule has 0 fully saturated rings. The maximum absolute atomic E-state index is 11.0. The number of rotatable bonds is 3. The summed E-state index contributed by atoms with van der Waals surface area (Å²) < 4.78 is 1.77. The lowest BCUT2D eigenvalue weighted by atomic mass is 10.1. The first-order valence-electron chi connectivity index (χ1n) is 6.03. The van der Waals surface area contributed by atoms with Crippen LogP contribution < -0.4 is 0 Å². The van der Waals surface area contributed by atoms with E-state index in [0.29, 0.717) is 5.69 Å². The molecule has 0 aliphatic rings. The minimum absolute atomic E-state index is 0.195. The molecule has 4 heteroatoms. The SMILES string of the molecule is Cc1ccc(C)c(-n2nnc(C=O)c2C(C)C)c1. The van der Waals surface area contributed by atoms with Crippen molar-refractivity contribution in [1.29, 1.82) is 0 Å². The molecule has 0 spiro atoms. The van der Waals surface area contributed by atoms with E-state index in [2.05, 4.69) is 28.5 Å². The van der Waals surface area contributed by atoms with Crippen molar-refractivity contribution in [3.8, 4) is 5.69 Å². The van der Waals surface area contributed by atoms with Gasteiger partial charge in [0.25, 0.3) is 0 Å². The molecular formula is C14H17N3O. The van der Waals surface area contributed by atoms with Crippen molar-refractivity contribution in [3.63, 3.8) is 0 Å². The maximum Gasteiger partial charge on any atom is 0.172 e. The lowest BCUT2D eigenvalue weighted by Gasteiger charge is -2.12. The maximum atomic E-state index is 11.0. The fourth-order valence-electron chi connectivity index (χ4n) is 2.05. The van der Waals surface area contributed by atoms with E-state index in [1.807, 2.05) is 27.7 Å². The monoisotopic (exact) mass is 243 g/mol. The molecule has 0 radical (unpaired) electrons. The topological polar surface area (TPSA) is 47.8 Å². The van der Waals surface area contributed by atoms with E-state index >= 15 is 0 Å². The highest BCUT2D eigenvalue weighted by Crippen LogP contribution is 2.23. The van der Waals surface area contributed by atoms with Crippen LogP contribution in [0.1, 0.15) is 47.1 Å². The summed E-state index contributed by atoms with van der Waals surface area (Å²) in [4.78, 5) is 11.0. The molecule has 0 aliphatic carbocycles. The zero-order chi connectivity index (χ0) is 13.3. The number of aryl methyl sites for hydroxylation is 2. The van der Waals surface area contributed by atoms with Gasteiger partial charge in [0, 0.05) is 0 Å². The molecule has 18 heavy (non-hydrogen) atoms. The van der Waals surface area contributed by atoms with Gasteiger partial charge in [-0.2, -0.15) is 0 Å². The van der Waals surface area contributed by atoms with Crippen LogP contribution in [0.5, 0.6) is 0 Å². The Kier molecular flexibility index (Phi) is 3.28. The van der Waals surface area contributed by atoms with E-state index in [4.69, 9.17) is 0 Å². The van der Waals surface area contributed by atoms with Gasteiger partial charge in [0.05, 0.1) is 11.4 Å². The van der Waals surface area contributed by atoms with Crippen LogP contribution in [0, 0.1) is 13.8 Å². The van der Waals surface area contributed by atoms with Gasteiger partial charge in [-0.05, 0) is 37.0 Å². The van der Waals surface area contributed by atoms with E-state index < -0.39 is 0 Å². The highest BCUT2D eigenvalue weighted by Gasteiger charge is 2.17. The van der Waals surface area contributed by atoms with E-state index in [1.165, 1.54) is 0 Å². The third-order valence-electron chi connectivity index (χ3n) is 2.98. The van der Waals surface area contributed by atoms with E-state index in [1.54, 1.807) is 4.68 Å². The van der Waals surface area contributed by atoms with Crippen LogP contribution in [0.15, 0.2) is 18.2 Å². The van der Waals surface area contributed by atoms with Gasteiger partial charge in [-0.3, -0.25) is 4.79 Å². The van der Waals surface area contributed by atoms with E-state index in [-0.39, 0.29) is 5.92 Å². The molecule has 0 atom stereocenters. The fourth-order valence-corrected chi connectivity index (χ4v) is 2.05. The first-order chi connectivity index (χ1) is 8.54. The number of hydrogen-bond acceptors (Lipinski definition) is 3. The van der Waals surface area contributed by atoms with Gasteiger partial charge in [-0.1, -0.05) is 31.2 Å². The number of benzene rings is 1. The summed E-state index contributed by atoms with van der Waals surface area (Å²) in [6, 6.07) is 6.17. The number of aromatic nitrogens is 3. The molecule has 4 nitrogen and oxygen atoms in total. The zero-order valence-corrected chi connectivity index (χ0v) is 11.1. The van der Waals surface area contributed by atoms with E-state index in [0.717, 1.165) is 28.8 Å². The van der Waals surface area contributed by atoms with Crippen LogP contribution in [-0.2, 0) is 0 Å². The van der Waals surface area contributed by atoms with Gasteiger partial charge in [0.15, 0.2) is 6.29 Å². The number of hydrogen-bond donors (Lipinski definition) is 0. The highest BCUT2D eigenvalue weighted by molar-refractivity contribution is 5.74. The molecule has 2 rings (SSSR count). The van der Waals surface area contributed by atoms with Gasteiger partial charge in [-0.25, -0.2) is 4.68 Å². The summed E-state index contributed by atoms with van der Waals surface area (Å²) in [7, 11) is 0. The van der Waals surface area contributed by atoms with Crippen molar-refractivity contribution in [2.75, 3.05) is 0 Å². The molecule has 0 saturated heterocycles. The summed E-state index contributed by atoms with van der Waals surface area (Å²) >= 11 is 0. The minimum atomic E-state index is 0.195. The molecule has 2 aromatic rings. The standard InChI is InChI=1S/C14H17N3O/c1-9(2)14-12(8-18)15-16-17(14)13-7-10(3)5-6-11(13)4/h5-9H,1-4H3. The van der Waals surface area contributed by atoms with Crippen molar-refractivity contribution in [2.45, 2.75) is 33.6 Å². The van der Waals surface area contributed by atoms with Crippen LogP contribution in [0.4, 0.5) is 0 Å². The molecule has 0 aliphatic heterocycles. The number of aldehydes is 1. The van der Waals surface area contributed by atoms with Crippen LogP contribution in [0.2, 0.25) is 0 Å². The summed E-state index contributed by atoms with van der Waals surface area (Å²) in [5.41, 5.74) is 4.54. The van der Waals surface area contributed by atoms with Gasteiger partial charge >= 0.3 is 0 Å². The summed E-state index contributed by atoms with van der Waals surface area (Å²) in [5, 5.41) is 8.06. The Morgan fingerprint density at radius 2 is 2.00 bits per heavy atom. The molecular weight excluding hydrogens is 226 g/mol. The summed E-state index contributed by atoms with van der Waals surface area (Å²) in [6.07, 6.45) is 0.768. The first-order valence-corrected chi connectivity index (χ1v) is 6.03. The molecule has 0 N–H and O–H groups in total. The smallest absolute Gasteiger partial charge is 0.172 e. The molecule has 1 aromatic heterocycles. The van der Waals surface area contributed by atoms with Gasteiger partial charge < -0.3 is 0 Å². The average Bonchev–Trinajstić information content (AvgIpc) is 2.75. The Morgan fingerprint density at radius 3 is 2.61 bits per heavy atom. The van der Waals surface area contributed by atoms with Crippen LogP contribution in [0.3, 0.4) is 0 Å². The largest absolute Gasteiger partial charge is 0.296 e. The van der Waals surface area contributed by atoms with Crippen molar-refractivity contribution < 1.29 is 4.79 Å². The quantitative estimate of drug-likeness (QED) is 0.779. The normalized spacial score (nSPS) is 10.9. The lowest BCUT2D eigenvalue weighted by molar-refractivity contribution is 0.111. The summed E-state index contributed by atoms with van der Waals surface area (Å²) in [5.74, 6) is 0.195. The predicted molar refractivity (Wildman–Crippen MR) is 70.3 cm³/mol. The molecule has 1 aromatic carbocycles. The molecule has 0 amide bonds. The van der Waals surface area contributed by atoms with Crippen LogP contribution >= 0.6 is 0 Å². The Hall–Kier alpha value is -1.97. The molecule has 1 heterocycles. The van der Waals surface area contributed by atoms with Crippen LogP contribution in [0.25, 0.3) is 5.69 Å². The molecule has 94 valence electrons. The van der Waals surface area contributed by atoms with Gasteiger partial charge in [-0.15, -0.1) is 5.10 Å². The molecule has 0 saturated carbocycles. The van der Waals surface area contributed by atoms with Crippen molar-refractivity contribution >= 4 is 6.29 Å². The minimum Gasteiger partial charge on any atom is -0.296 e. The highest BCUT2D eigenvalue weighted by atomic mass is 16.1. The Morgan fingerprint density at radius 1 is 1.28 bits per heavy atom. The molecule has 0 unspecified atom stereocenters. The first kappa shape index (κ1) is 12.5. The number of nitrogens with zero attached hydrogens (tertiary/aromatic N) is 3. The Bertz CT molecular complexity index is 585. The van der Waals surface area contributed by atoms with Crippen molar-refractivity contribution in [3.05, 3.63) is 40.7 Å².